The van der Waals surface area contributed by atoms with Crippen molar-refractivity contribution < 1.29 is 14.0 Å². The number of thiophene rings is 1. The van der Waals surface area contributed by atoms with Crippen molar-refractivity contribution in [2.75, 3.05) is 11.9 Å². The van der Waals surface area contributed by atoms with Crippen LogP contribution < -0.4 is 5.32 Å². The number of hydrogen-bond donors (Lipinski definition) is 2. The first kappa shape index (κ1) is 22.4. The lowest BCUT2D eigenvalue weighted by Crippen LogP contribution is -2.38. The van der Waals surface area contributed by atoms with Crippen LogP contribution in [0.15, 0.2) is 46.6 Å². The molecule has 2 N–H and O–H groups in total. The van der Waals surface area contributed by atoms with E-state index in [1.165, 1.54) is 22.5 Å². The Hall–Kier alpha value is -2.93. The smallest absolute Gasteiger partial charge is 0.254 e. The van der Waals surface area contributed by atoms with Crippen molar-refractivity contribution in [1.82, 2.24) is 4.90 Å². The molecule has 6 nitrogen and oxygen atoms in total. The SMILES string of the molecule is CC=CC(=CC)C(=O)N(CC(=O)Nc1sc(C)c(C)c1C(C)=N)Cc1ccco1. The van der Waals surface area contributed by atoms with E-state index < -0.39 is 0 Å². The minimum atomic E-state index is -0.315. The highest BCUT2D eigenvalue weighted by atomic mass is 32.1. The molecular formula is C22H27N3O3S. The molecule has 2 heterocycles. The summed E-state index contributed by atoms with van der Waals surface area (Å²) in [7, 11) is 0. The molecule has 0 fully saturated rings. The first-order chi connectivity index (χ1) is 13.8. The third kappa shape index (κ3) is 5.54. The Bertz CT molecular complexity index is 952. The quantitative estimate of drug-likeness (QED) is 0.369. The number of rotatable bonds is 8. The molecule has 0 saturated heterocycles. The molecule has 0 saturated carbocycles. The second-order valence-electron chi connectivity index (χ2n) is 6.65. The Balaban J connectivity index is 2.24. The van der Waals surface area contributed by atoms with Crippen LogP contribution in [0.4, 0.5) is 5.00 Å². The van der Waals surface area contributed by atoms with Gasteiger partial charge in [0.2, 0.25) is 5.91 Å². The van der Waals surface area contributed by atoms with E-state index >= 15 is 0 Å². The van der Waals surface area contributed by atoms with Crippen molar-refractivity contribution in [3.63, 3.8) is 0 Å². The minimum Gasteiger partial charge on any atom is -0.467 e. The predicted octanol–water partition coefficient (Wildman–Crippen LogP) is 4.84. The Morgan fingerprint density at radius 1 is 1.31 bits per heavy atom. The lowest BCUT2D eigenvalue weighted by atomic mass is 10.1. The van der Waals surface area contributed by atoms with Crippen molar-refractivity contribution in [3.8, 4) is 0 Å². The number of allylic oxidation sites excluding steroid dienone is 2. The largest absolute Gasteiger partial charge is 0.467 e. The van der Waals surface area contributed by atoms with Gasteiger partial charge in [0.15, 0.2) is 0 Å². The number of anilines is 1. The Kier molecular flexibility index (Phi) is 7.73. The number of carbonyl (C=O) groups excluding carboxylic acids is 2. The van der Waals surface area contributed by atoms with Gasteiger partial charge >= 0.3 is 0 Å². The van der Waals surface area contributed by atoms with E-state index in [-0.39, 0.29) is 24.9 Å². The van der Waals surface area contributed by atoms with Gasteiger partial charge in [-0.15, -0.1) is 11.3 Å². The van der Waals surface area contributed by atoms with Crippen LogP contribution in [0.1, 0.15) is 42.5 Å². The molecule has 0 aliphatic heterocycles. The van der Waals surface area contributed by atoms with Gasteiger partial charge in [-0.2, -0.15) is 0 Å². The molecule has 0 spiro atoms. The third-order valence-electron chi connectivity index (χ3n) is 4.47. The molecule has 7 heteroatoms. The zero-order valence-corrected chi connectivity index (χ0v) is 18.3. The summed E-state index contributed by atoms with van der Waals surface area (Å²) in [5.41, 5.74) is 2.64. The molecule has 0 aromatic carbocycles. The van der Waals surface area contributed by atoms with E-state index in [4.69, 9.17) is 9.83 Å². The van der Waals surface area contributed by atoms with E-state index in [0.29, 0.717) is 22.0 Å². The molecule has 0 aliphatic rings. The lowest BCUT2D eigenvalue weighted by molar-refractivity contribution is -0.131. The fourth-order valence-corrected chi connectivity index (χ4v) is 4.08. The third-order valence-corrected chi connectivity index (χ3v) is 5.59. The molecule has 0 atom stereocenters. The van der Waals surface area contributed by atoms with Gasteiger partial charge in [0.1, 0.15) is 17.3 Å². The molecule has 154 valence electrons. The van der Waals surface area contributed by atoms with Gasteiger partial charge in [-0.05, 0) is 52.3 Å². The van der Waals surface area contributed by atoms with Crippen LogP contribution in [-0.4, -0.2) is 29.0 Å². The van der Waals surface area contributed by atoms with Gasteiger partial charge in [-0.1, -0.05) is 18.2 Å². The normalized spacial score (nSPS) is 11.7. The van der Waals surface area contributed by atoms with Gasteiger partial charge in [-0.25, -0.2) is 0 Å². The first-order valence-electron chi connectivity index (χ1n) is 9.34. The van der Waals surface area contributed by atoms with E-state index in [2.05, 4.69) is 5.32 Å². The number of nitrogens with zero attached hydrogens (tertiary/aromatic N) is 1. The van der Waals surface area contributed by atoms with Crippen LogP contribution in [0, 0.1) is 19.3 Å². The fraction of sp³-hybridized carbons (Fsp3) is 0.318. The summed E-state index contributed by atoms with van der Waals surface area (Å²) in [4.78, 5) is 28.3. The summed E-state index contributed by atoms with van der Waals surface area (Å²) in [6, 6.07) is 3.52. The monoisotopic (exact) mass is 413 g/mol. The summed E-state index contributed by atoms with van der Waals surface area (Å²) in [6.07, 6.45) is 6.77. The number of nitrogens with one attached hydrogen (secondary N) is 2. The van der Waals surface area contributed by atoms with Crippen molar-refractivity contribution >= 4 is 33.9 Å². The second-order valence-corrected chi connectivity index (χ2v) is 7.87. The summed E-state index contributed by atoms with van der Waals surface area (Å²) in [6.45, 7) is 9.29. The maximum absolute atomic E-state index is 13.0. The molecule has 2 amide bonds. The van der Waals surface area contributed by atoms with Crippen LogP contribution >= 0.6 is 11.3 Å². The van der Waals surface area contributed by atoms with Crippen molar-refractivity contribution in [2.24, 2.45) is 0 Å². The van der Waals surface area contributed by atoms with Gasteiger partial charge in [0.25, 0.3) is 5.91 Å². The predicted molar refractivity (Wildman–Crippen MR) is 118 cm³/mol. The van der Waals surface area contributed by atoms with Crippen LogP contribution in [0.25, 0.3) is 0 Å². The van der Waals surface area contributed by atoms with E-state index in [9.17, 15) is 9.59 Å². The van der Waals surface area contributed by atoms with E-state index in [1.807, 2.05) is 20.8 Å². The van der Waals surface area contributed by atoms with Gasteiger partial charge in [-0.3, -0.25) is 9.59 Å². The average molecular weight is 414 g/mol. The van der Waals surface area contributed by atoms with Crippen molar-refractivity contribution in [1.29, 1.82) is 5.41 Å². The molecule has 29 heavy (non-hydrogen) atoms. The summed E-state index contributed by atoms with van der Waals surface area (Å²) in [5, 5.41) is 11.5. The highest BCUT2D eigenvalue weighted by molar-refractivity contribution is 7.16. The molecule has 2 rings (SSSR count). The second kappa shape index (κ2) is 10.0. The Labute approximate surface area is 175 Å². The van der Waals surface area contributed by atoms with Crippen LogP contribution in [0.3, 0.4) is 0 Å². The molecule has 0 radical (unpaired) electrons. The zero-order chi connectivity index (χ0) is 21.6. The number of amides is 2. The van der Waals surface area contributed by atoms with Crippen molar-refractivity contribution in [2.45, 2.75) is 41.2 Å². The van der Waals surface area contributed by atoms with Crippen LogP contribution in [-0.2, 0) is 16.1 Å². The summed E-state index contributed by atoms with van der Waals surface area (Å²) in [5.74, 6) is 0.0321. The van der Waals surface area contributed by atoms with Gasteiger partial charge < -0.3 is 20.0 Å². The van der Waals surface area contributed by atoms with E-state index in [0.717, 1.165) is 16.0 Å². The molecule has 0 unspecified atom stereocenters. The first-order valence-corrected chi connectivity index (χ1v) is 10.2. The van der Waals surface area contributed by atoms with E-state index in [1.54, 1.807) is 44.2 Å². The summed E-state index contributed by atoms with van der Waals surface area (Å²) >= 11 is 1.44. The number of furan rings is 1. The summed E-state index contributed by atoms with van der Waals surface area (Å²) < 4.78 is 5.37. The minimum absolute atomic E-state index is 0.124. The standard InChI is InChI=1S/C22H27N3O3S/c1-6-9-17(7-2)22(27)25(12-18-10-8-11-28-18)13-19(26)24-21-20(15(4)23)14(3)16(5)29-21/h6-11,23H,12-13H2,1-5H3,(H,24,26). The van der Waals surface area contributed by atoms with Gasteiger partial charge in [0, 0.05) is 21.7 Å². The number of hydrogen-bond acceptors (Lipinski definition) is 5. The van der Waals surface area contributed by atoms with Gasteiger partial charge in [0.05, 0.1) is 12.8 Å². The zero-order valence-electron chi connectivity index (χ0n) is 17.5. The average Bonchev–Trinajstić information content (AvgIpc) is 3.26. The number of carbonyl (C=O) groups is 2. The molecule has 0 aliphatic carbocycles. The Morgan fingerprint density at radius 2 is 2.03 bits per heavy atom. The topological polar surface area (TPSA) is 86.4 Å². The highest BCUT2D eigenvalue weighted by Gasteiger charge is 2.22. The highest BCUT2D eigenvalue weighted by Crippen LogP contribution is 2.32. The molecule has 2 aromatic rings. The maximum Gasteiger partial charge on any atom is 0.254 e. The molecule has 0 bridgehead atoms. The fourth-order valence-electron chi connectivity index (χ4n) is 2.95. The van der Waals surface area contributed by atoms with Crippen molar-refractivity contribution in [3.05, 3.63) is 64.0 Å². The Morgan fingerprint density at radius 3 is 2.59 bits per heavy atom. The van der Waals surface area contributed by atoms with Crippen LogP contribution in [0.2, 0.25) is 0 Å². The molecule has 2 aromatic heterocycles. The maximum atomic E-state index is 13.0. The van der Waals surface area contributed by atoms with Crippen LogP contribution in [0.5, 0.6) is 0 Å². The molecular weight excluding hydrogens is 386 g/mol. The lowest BCUT2D eigenvalue weighted by Gasteiger charge is -2.22. The number of aryl methyl sites for hydroxylation is 1.